The van der Waals surface area contributed by atoms with Crippen molar-refractivity contribution in [3.63, 3.8) is 0 Å². The molecule has 0 aliphatic carbocycles. The fourth-order valence-electron chi connectivity index (χ4n) is 2.99. The van der Waals surface area contributed by atoms with E-state index in [-0.39, 0.29) is 5.54 Å². The van der Waals surface area contributed by atoms with Crippen LogP contribution < -0.4 is 5.73 Å². The highest BCUT2D eigenvalue weighted by atomic mass is 16.5. The summed E-state index contributed by atoms with van der Waals surface area (Å²) in [7, 11) is 1.81. The third-order valence-electron chi connectivity index (χ3n) is 4.17. The first-order valence-electron chi connectivity index (χ1n) is 6.36. The van der Waals surface area contributed by atoms with Crippen molar-refractivity contribution in [1.29, 1.82) is 0 Å². The molecular weight excluding hydrogens is 204 g/mol. The highest BCUT2D eigenvalue weighted by Crippen LogP contribution is 2.31. The molecule has 16 heavy (non-hydrogen) atoms. The molecule has 2 N–H and O–H groups in total. The van der Waals surface area contributed by atoms with Gasteiger partial charge in [-0.1, -0.05) is 0 Å². The summed E-state index contributed by atoms with van der Waals surface area (Å²) in [6.07, 6.45) is 4.90. The van der Waals surface area contributed by atoms with Gasteiger partial charge in [0.1, 0.15) is 0 Å². The van der Waals surface area contributed by atoms with Crippen molar-refractivity contribution in [2.24, 2.45) is 5.73 Å². The van der Waals surface area contributed by atoms with Gasteiger partial charge in [0.2, 0.25) is 0 Å². The number of ether oxygens (including phenoxy) is 2. The lowest BCUT2D eigenvalue weighted by Crippen LogP contribution is -2.53. The average molecular weight is 228 g/mol. The van der Waals surface area contributed by atoms with Crippen LogP contribution in [0.2, 0.25) is 0 Å². The number of nitrogens with zero attached hydrogens (tertiary/aromatic N) is 1. The first-order chi connectivity index (χ1) is 7.80. The lowest BCUT2D eigenvalue weighted by Gasteiger charge is -2.40. The summed E-state index contributed by atoms with van der Waals surface area (Å²) < 4.78 is 11.0. The first-order valence-corrected chi connectivity index (χ1v) is 6.36. The van der Waals surface area contributed by atoms with Crippen LogP contribution in [0, 0.1) is 0 Å². The van der Waals surface area contributed by atoms with E-state index in [1.165, 1.54) is 6.42 Å². The Kier molecular flexibility index (Phi) is 4.19. The molecule has 2 saturated heterocycles. The molecule has 0 amide bonds. The Labute approximate surface area is 98.1 Å². The average Bonchev–Trinajstić information content (AvgIpc) is 2.68. The molecule has 0 spiro atoms. The molecular formula is C12H24N2O2. The third kappa shape index (κ3) is 2.40. The van der Waals surface area contributed by atoms with Crippen LogP contribution >= 0.6 is 0 Å². The van der Waals surface area contributed by atoms with Crippen LogP contribution in [0.15, 0.2) is 0 Å². The lowest BCUT2D eigenvalue weighted by molar-refractivity contribution is 0.0588. The summed E-state index contributed by atoms with van der Waals surface area (Å²) in [6, 6.07) is 0. The van der Waals surface area contributed by atoms with Gasteiger partial charge in [0, 0.05) is 45.5 Å². The molecule has 4 heteroatoms. The molecule has 2 atom stereocenters. The van der Waals surface area contributed by atoms with Gasteiger partial charge in [-0.05, 0) is 25.7 Å². The van der Waals surface area contributed by atoms with Crippen LogP contribution in [0.1, 0.15) is 25.7 Å². The maximum atomic E-state index is 6.04. The van der Waals surface area contributed by atoms with Crippen molar-refractivity contribution in [2.75, 3.05) is 40.0 Å². The predicted molar refractivity (Wildman–Crippen MR) is 63.4 cm³/mol. The monoisotopic (exact) mass is 228 g/mol. The van der Waals surface area contributed by atoms with Gasteiger partial charge in [-0.25, -0.2) is 0 Å². The van der Waals surface area contributed by atoms with Crippen LogP contribution in [-0.2, 0) is 9.47 Å². The number of likely N-dealkylation sites (tertiary alicyclic amines) is 1. The van der Waals surface area contributed by atoms with Crippen LogP contribution in [0.4, 0.5) is 0 Å². The summed E-state index contributed by atoms with van der Waals surface area (Å²) in [5, 5.41) is 0. The molecule has 4 nitrogen and oxygen atoms in total. The fraction of sp³-hybridized carbons (Fsp3) is 1.00. The molecule has 2 fully saturated rings. The molecule has 2 heterocycles. The van der Waals surface area contributed by atoms with Crippen molar-refractivity contribution < 1.29 is 9.47 Å². The zero-order chi connectivity index (χ0) is 11.4. The molecule has 0 bridgehead atoms. The van der Waals surface area contributed by atoms with Gasteiger partial charge in [-0.3, -0.25) is 4.90 Å². The first kappa shape index (κ1) is 12.3. The van der Waals surface area contributed by atoms with E-state index in [1.54, 1.807) is 7.11 Å². The topological polar surface area (TPSA) is 47.7 Å². The minimum Gasteiger partial charge on any atom is -0.381 e. The molecule has 2 aliphatic heterocycles. The summed E-state index contributed by atoms with van der Waals surface area (Å²) in [5.41, 5.74) is 6.21. The van der Waals surface area contributed by atoms with E-state index in [0.717, 1.165) is 52.1 Å². The third-order valence-corrected chi connectivity index (χ3v) is 4.17. The maximum absolute atomic E-state index is 6.04. The Morgan fingerprint density at radius 3 is 3.00 bits per heavy atom. The normalized spacial score (nSPS) is 37.5. The fourth-order valence-corrected chi connectivity index (χ4v) is 2.99. The lowest BCUT2D eigenvalue weighted by atomic mass is 9.89. The molecule has 0 saturated carbocycles. The van der Waals surface area contributed by atoms with Crippen molar-refractivity contribution in [1.82, 2.24) is 4.90 Å². The molecule has 94 valence electrons. The van der Waals surface area contributed by atoms with E-state index in [2.05, 4.69) is 4.90 Å². The molecule has 2 rings (SSSR count). The van der Waals surface area contributed by atoms with Gasteiger partial charge in [-0.2, -0.15) is 0 Å². The van der Waals surface area contributed by atoms with E-state index in [9.17, 15) is 0 Å². The molecule has 0 aromatic rings. The minimum absolute atomic E-state index is 0.170. The highest BCUT2D eigenvalue weighted by Gasteiger charge is 2.39. The quantitative estimate of drug-likeness (QED) is 0.768. The summed E-state index contributed by atoms with van der Waals surface area (Å²) in [6.45, 7) is 4.64. The van der Waals surface area contributed by atoms with E-state index in [0.29, 0.717) is 6.10 Å². The molecule has 0 aromatic heterocycles. The van der Waals surface area contributed by atoms with Crippen LogP contribution in [-0.4, -0.2) is 56.5 Å². The maximum Gasteiger partial charge on any atom is 0.0710 e. The molecule has 0 radical (unpaired) electrons. The number of hydrogen-bond acceptors (Lipinski definition) is 4. The predicted octanol–water partition coefficient (Wildman–Crippen LogP) is 0.605. The summed E-state index contributed by atoms with van der Waals surface area (Å²) in [5.74, 6) is 0. The molecule has 2 unspecified atom stereocenters. The van der Waals surface area contributed by atoms with Gasteiger partial charge in [0.25, 0.3) is 0 Å². The van der Waals surface area contributed by atoms with Gasteiger partial charge in [0.05, 0.1) is 6.10 Å². The van der Waals surface area contributed by atoms with E-state index in [4.69, 9.17) is 15.2 Å². The SMILES string of the molecule is COC1CCN(C2(CN)CCCOCC2)C1. The zero-order valence-corrected chi connectivity index (χ0v) is 10.3. The number of rotatable bonds is 3. The van der Waals surface area contributed by atoms with Gasteiger partial charge in [0.15, 0.2) is 0 Å². The second kappa shape index (κ2) is 5.45. The Balaban J connectivity index is 2.02. The summed E-state index contributed by atoms with van der Waals surface area (Å²) in [4.78, 5) is 2.54. The van der Waals surface area contributed by atoms with Crippen LogP contribution in [0.5, 0.6) is 0 Å². The second-order valence-corrected chi connectivity index (χ2v) is 4.99. The number of nitrogens with two attached hydrogens (primary N) is 1. The Morgan fingerprint density at radius 2 is 2.31 bits per heavy atom. The van der Waals surface area contributed by atoms with Crippen LogP contribution in [0.25, 0.3) is 0 Å². The Hall–Kier alpha value is -0.160. The number of hydrogen-bond donors (Lipinski definition) is 1. The van der Waals surface area contributed by atoms with Gasteiger partial charge >= 0.3 is 0 Å². The molecule has 2 aliphatic rings. The Morgan fingerprint density at radius 1 is 1.44 bits per heavy atom. The van der Waals surface area contributed by atoms with Crippen LogP contribution in [0.3, 0.4) is 0 Å². The molecule has 0 aromatic carbocycles. The minimum atomic E-state index is 0.170. The zero-order valence-electron chi connectivity index (χ0n) is 10.3. The largest absolute Gasteiger partial charge is 0.381 e. The second-order valence-electron chi connectivity index (χ2n) is 4.99. The van der Waals surface area contributed by atoms with E-state index < -0.39 is 0 Å². The summed E-state index contributed by atoms with van der Waals surface area (Å²) >= 11 is 0. The highest BCUT2D eigenvalue weighted by molar-refractivity contribution is 4.96. The van der Waals surface area contributed by atoms with E-state index >= 15 is 0 Å². The van der Waals surface area contributed by atoms with Crippen molar-refractivity contribution in [3.8, 4) is 0 Å². The van der Waals surface area contributed by atoms with E-state index in [1.807, 2.05) is 0 Å². The number of methoxy groups -OCH3 is 1. The van der Waals surface area contributed by atoms with Crippen molar-refractivity contribution >= 4 is 0 Å². The van der Waals surface area contributed by atoms with Gasteiger partial charge < -0.3 is 15.2 Å². The van der Waals surface area contributed by atoms with Gasteiger partial charge in [-0.15, -0.1) is 0 Å². The smallest absolute Gasteiger partial charge is 0.0710 e. The standard InChI is InChI=1S/C12H24N2O2/c1-15-11-3-6-14(9-11)12(10-13)4-2-7-16-8-5-12/h11H,2-10,13H2,1H3. The van der Waals surface area contributed by atoms with Crippen molar-refractivity contribution in [2.45, 2.75) is 37.3 Å². The Bertz CT molecular complexity index is 215. The van der Waals surface area contributed by atoms with Crippen molar-refractivity contribution in [3.05, 3.63) is 0 Å².